The number of nitrogens with zero attached hydrogens (tertiary/aromatic N) is 2. The standard InChI is InChI=1S/C17H24N2O4S/c1-22-10-15-6-4-8-19(15)24(20,21)18-11-17(12-18)9-14-5-2-3-7-16(14)23-13-17/h2-3,5,7,15H,4,6,8-13H2,1H3. The van der Waals surface area contributed by atoms with Crippen LogP contribution in [0.25, 0.3) is 0 Å². The molecule has 24 heavy (non-hydrogen) atoms. The predicted octanol–water partition coefficient (Wildman–Crippen LogP) is 1.28. The molecule has 3 heterocycles. The Balaban J connectivity index is 1.45. The van der Waals surface area contributed by atoms with Gasteiger partial charge in [-0.15, -0.1) is 0 Å². The lowest BCUT2D eigenvalue weighted by atomic mass is 9.75. The number of hydrogen-bond acceptors (Lipinski definition) is 4. The normalized spacial score (nSPS) is 26.8. The van der Waals surface area contributed by atoms with E-state index in [4.69, 9.17) is 9.47 Å². The van der Waals surface area contributed by atoms with Crippen molar-refractivity contribution in [3.05, 3.63) is 29.8 Å². The summed E-state index contributed by atoms with van der Waals surface area (Å²) in [6, 6.07) is 8.00. The van der Waals surface area contributed by atoms with Gasteiger partial charge < -0.3 is 9.47 Å². The van der Waals surface area contributed by atoms with Gasteiger partial charge in [-0.2, -0.15) is 17.0 Å². The van der Waals surface area contributed by atoms with E-state index in [0.29, 0.717) is 32.8 Å². The highest BCUT2D eigenvalue weighted by molar-refractivity contribution is 7.86. The third kappa shape index (κ3) is 2.63. The minimum Gasteiger partial charge on any atom is -0.493 e. The minimum absolute atomic E-state index is 0.0279. The van der Waals surface area contributed by atoms with Crippen molar-refractivity contribution in [2.45, 2.75) is 25.3 Å². The molecule has 1 aromatic carbocycles. The number of ether oxygens (including phenoxy) is 2. The van der Waals surface area contributed by atoms with E-state index in [1.165, 1.54) is 5.56 Å². The molecule has 2 fully saturated rings. The summed E-state index contributed by atoms with van der Waals surface area (Å²) < 4.78 is 40.1. The van der Waals surface area contributed by atoms with Crippen molar-refractivity contribution in [2.75, 3.05) is 40.0 Å². The van der Waals surface area contributed by atoms with Gasteiger partial charge in [-0.05, 0) is 30.9 Å². The number of benzene rings is 1. The van der Waals surface area contributed by atoms with Gasteiger partial charge in [-0.3, -0.25) is 0 Å². The highest BCUT2D eigenvalue weighted by Gasteiger charge is 2.53. The summed E-state index contributed by atoms with van der Waals surface area (Å²) in [5.74, 6) is 0.934. The van der Waals surface area contributed by atoms with Crippen LogP contribution in [0.2, 0.25) is 0 Å². The second-order valence-electron chi connectivity index (χ2n) is 7.21. The van der Waals surface area contributed by atoms with Crippen LogP contribution in [0.3, 0.4) is 0 Å². The Morgan fingerprint density at radius 1 is 1.33 bits per heavy atom. The first-order valence-corrected chi connectivity index (χ1v) is 9.90. The number of rotatable bonds is 4. The van der Waals surface area contributed by atoms with Crippen molar-refractivity contribution in [1.29, 1.82) is 0 Å². The van der Waals surface area contributed by atoms with Crippen molar-refractivity contribution in [3.63, 3.8) is 0 Å². The number of hydrogen-bond donors (Lipinski definition) is 0. The van der Waals surface area contributed by atoms with E-state index >= 15 is 0 Å². The first-order valence-electron chi connectivity index (χ1n) is 8.51. The third-order valence-corrected chi connectivity index (χ3v) is 7.38. The first kappa shape index (κ1) is 16.3. The first-order chi connectivity index (χ1) is 11.5. The maximum atomic E-state index is 12.9. The largest absolute Gasteiger partial charge is 0.493 e. The fourth-order valence-electron chi connectivity index (χ4n) is 4.16. The summed E-state index contributed by atoms with van der Waals surface area (Å²) >= 11 is 0. The van der Waals surface area contributed by atoms with Gasteiger partial charge in [0.05, 0.1) is 13.2 Å². The van der Waals surface area contributed by atoms with Crippen molar-refractivity contribution in [1.82, 2.24) is 8.61 Å². The molecular weight excluding hydrogens is 328 g/mol. The maximum Gasteiger partial charge on any atom is 0.282 e. The Bertz CT molecular complexity index is 715. The zero-order valence-corrected chi connectivity index (χ0v) is 14.8. The molecular formula is C17H24N2O4S. The van der Waals surface area contributed by atoms with Gasteiger partial charge >= 0.3 is 0 Å². The number of para-hydroxylation sites is 1. The lowest BCUT2D eigenvalue weighted by Gasteiger charge is -2.51. The summed E-state index contributed by atoms with van der Waals surface area (Å²) in [4.78, 5) is 0. The molecule has 0 amide bonds. The van der Waals surface area contributed by atoms with Gasteiger partial charge in [0.1, 0.15) is 5.75 Å². The summed E-state index contributed by atoms with van der Waals surface area (Å²) in [7, 11) is -1.77. The average molecular weight is 352 g/mol. The van der Waals surface area contributed by atoms with Crippen LogP contribution in [0, 0.1) is 5.41 Å². The molecule has 1 spiro atoms. The van der Waals surface area contributed by atoms with Crippen LogP contribution in [-0.2, 0) is 21.4 Å². The molecule has 0 saturated carbocycles. The predicted molar refractivity (Wildman–Crippen MR) is 90.2 cm³/mol. The molecule has 0 bridgehead atoms. The lowest BCUT2D eigenvalue weighted by Crippen LogP contribution is -2.65. The van der Waals surface area contributed by atoms with E-state index in [1.807, 2.05) is 18.2 Å². The van der Waals surface area contributed by atoms with E-state index in [2.05, 4.69) is 6.07 Å². The summed E-state index contributed by atoms with van der Waals surface area (Å²) in [5, 5.41) is 0. The van der Waals surface area contributed by atoms with E-state index in [9.17, 15) is 8.42 Å². The van der Waals surface area contributed by atoms with E-state index < -0.39 is 10.2 Å². The average Bonchev–Trinajstić information content (AvgIpc) is 3.01. The van der Waals surface area contributed by atoms with Crippen molar-refractivity contribution < 1.29 is 17.9 Å². The van der Waals surface area contributed by atoms with Crippen LogP contribution in [0.15, 0.2) is 24.3 Å². The highest BCUT2D eigenvalue weighted by atomic mass is 32.2. The van der Waals surface area contributed by atoms with E-state index in [1.54, 1.807) is 15.7 Å². The molecule has 1 unspecified atom stereocenters. The SMILES string of the molecule is COCC1CCCN1S(=O)(=O)N1CC2(COc3ccccc3C2)C1. The second-order valence-corrected chi connectivity index (χ2v) is 9.09. The van der Waals surface area contributed by atoms with Gasteiger partial charge in [-0.25, -0.2) is 0 Å². The van der Waals surface area contributed by atoms with Crippen molar-refractivity contribution in [3.8, 4) is 5.75 Å². The molecule has 4 rings (SSSR count). The Morgan fingerprint density at radius 2 is 2.12 bits per heavy atom. The number of methoxy groups -OCH3 is 1. The Hall–Kier alpha value is -1.15. The molecule has 6 nitrogen and oxygen atoms in total. The van der Waals surface area contributed by atoms with Crippen LogP contribution >= 0.6 is 0 Å². The molecule has 0 N–H and O–H groups in total. The zero-order valence-electron chi connectivity index (χ0n) is 14.0. The van der Waals surface area contributed by atoms with Crippen molar-refractivity contribution >= 4 is 10.2 Å². The van der Waals surface area contributed by atoms with Crippen LogP contribution < -0.4 is 4.74 Å². The molecule has 3 aliphatic heterocycles. The van der Waals surface area contributed by atoms with Gasteiger partial charge in [0.2, 0.25) is 0 Å². The molecule has 1 atom stereocenters. The smallest absolute Gasteiger partial charge is 0.282 e. The van der Waals surface area contributed by atoms with Crippen LogP contribution in [-0.4, -0.2) is 63.0 Å². The summed E-state index contributed by atoms with van der Waals surface area (Å²) in [6.07, 6.45) is 2.67. The van der Waals surface area contributed by atoms with Gasteiger partial charge in [0.25, 0.3) is 10.2 Å². The Kier molecular flexibility index (Phi) is 4.07. The third-order valence-electron chi connectivity index (χ3n) is 5.40. The zero-order chi connectivity index (χ0) is 16.8. The van der Waals surface area contributed by atoms with Crippen LogP contribution in [0.5, 0.6) is 5.75 Å². The van der Waals surface area contributed by atoms with E-state index in [-0.39, 0.29) is 11.5 Å². The molecule has 3 aliphatic rings. The molecule has 0 aromatic heterocycles. The minimum atomic E-state index is -3.39. The molecule has 7 heteroatoms. The van der Waals surface area contributed by atoms with Crippen molar-refractivity contribution in [2.24, 2.45) is 5.41 Å². The van der Waals surface area contributed by atoms with Gasteiger partial charge in [0, 0.05) is 38.2 Å². The van der Waals surface area contributed by atoms with Crippen LogP contribution in [0.1, 0.15) is 18.4 Å². The fourth-order valence-corrected chi connectivity index (χ4v) is 6.24. The molecule has 2 saturated heterocycles. The highest BCUT2D eigenvalue weighted by Crippen LogP contribution is 2.43. The topological polar surface area (TPSA) is 59.1 Å². The molecule has 0 radical (unpaired) electrons. The monoisotopic (exact) mass is 352 g/mol. The molecule has 1 aromatic rings. The van der Waals surface area contributed by atoms with Gasteiger partial charge in [-0.1, -0.05) is 18.2 Å². The molecule has 132 valence electrons. The summed E-state index contributed by atoms with van der Waals surface area (Å²) in [6.45, 7) is 2.74. The maximum absolute atomic E-state index is 12.9. The second kappa shape index (κ2) is 5.98. The lowest BCUT2D eigenvalue weighted by molar-refractivity contribution is 0.00162. The fraction of sp³-hybridized carbons (Fsp3) is 0.647. The molecule has 0 aliphatic carbocycles. The van der Waals surface area contributed by atoms with Gasteiger partial charge in [0.15, 0.2) is 0 Å². The number of fused-ring (bicyclic) bond motifs is 1. The van der Waals surface area contributed by atoms with Crippen LogP contribution in [0.4, 0.5) is 0 Å². The Labute approximate surface area is 143 Å². The summed E-state index contributed by atoms with van der Waals surface area (Å²) in [5.41, 5.74) is 1.11. The Morgan fingerprint density at radius 3 is 2.92 bits per heavy atom. The quantitative estimate of drug-likeness (QED) is 0.819. The van der Waals surface area contributed by atoms with E-state index in [0.717, 1.165) is 25.0 Å².